The van der Waals surface area contributed by atoms with Gasteiger partial charge < -0.3 is 15.7 Å². The number of aliphatic carboxylic acids is 1. The molecule has 0 aliphatic heterocycles. The Bertz CT molecular complexity index is 1340. The fraction of sp³-hybridized carbons (Fsp3) is 0.407. The zero-order valence-electron chi connectivity index (χ0n) is 22.3. The standard InChI is InChI=1S/C27H34N6O5S/c1-4-22(32-12-10-28-25(27(32)38)29-11-13-33-19(3)14-18(2)31-33)26(37)30-21(15-24(35)36)23(34)17-39-16-20-8-6-5-7-9-20/h5-10,12,14,21-22H,4,11,13,15-17H2,1-3H3,(H,28,29)(H,30,37)(H,35,36). The van der Waals surface area contributed by atoms with Gasteiger partial charge in [0.1, 0.15) is 6.04 Å². The highest BCUT2D eigenvalue weighted by molar-refractivity contribution is 7.99. The molecular formula is C27H34N6O5S. The molecule has 0 bridgehead atoms. The number of nitrogens with zero attached hydrogens (tertiary/aromatic N) is 4. The molecule has 2 atom stereocenters. The summed E-state index contributed by atoms with van der Waals surface area (Å²) in [5.74, 6) is -1.49. The fourth-order valence-corrected chi connectivity index (χ4v) is 5.05. The second-order valence-corrected chi connectivity index (χ2v) is 10.1. The SMILES string of the molecule is CCC(C(=O)NC(CC(=O)O)C(=O)CSCc1ccccc1)n1ccnc(NCCn2nc(C)cc2C)c1=O. The average Bonchev–Trinajstić information content (AvgIpc) is 3.22. The summed E-state index contributed by atoms with van der Waals surface area (Å²) >= 11 is 1.35. The summed E-state index contributed by atoms with van der Waals surface area (Å²) in [6.07, 6.45) is 2.53. The molecule has 0 aliphatic carbocycles. The first kappa shape index (κ1) is 29.6. The average molecular weight is 555 g/mol. The lowest BCUT2D eigenvalue weighted by molar-refractivity contribution is -0.140. The van der Waals surface area contributed by atoms with Gasteiger partial charge in [-0.3, -0.25) is 28.4 Å². The van der Waals surface area contributed by atoms with Crippen molar-refractivity contribution < 1.29 is 19.5 Å². The van der Waals surface area contributed by atoms with E-state index in [0.29, 0.717) is 18.8 Å². The van der Waals surface area contributed by atoms with Gasteiger partial charge in [-0.1, -0.05) is 37.3 Å². The molecule has 0 aliphatic rings. The van der Waals surface area contributed by atoms with Gasteiger partial charge in [-0.15, -0.1) is 11.8 Å². The van der Waals surface area contributed by atoms with Crippen LogP contribution in [-0.4, -0.2) is 60.4 Å². The first-order valence-corrected chi connectivity index (χ1v) is 13.8. The number of aromatic nitrogens is 4. The van der Waals surface area contributed by atoms with Gasteiger partial charge in [0.15, 0.2) is 11.6 Å². The van der Waals surface area contributed by atoms with Crippen LogP contribution in [0.4, 0.5) is 5.82 Å². The van der Waals surface area contributed by atoms with Crippen molar-refractivity contribution in [2.75, 3.05) is 17.6 Å². The van der Waals surface area contributed by atoms with E-state index in [9.17, 15) is 24.3 Å². The van der Waals surface area contributed by atoms with Gasteiger partial charge in [-0.05, 0) is 31.9 Å². The van der Waals surface area contributed by atoms with Gasteiger partial charge in [-0.2, -0.15) is 5.10 Å². The number of hydrogen-bond acceptors (Lipinski definition) is 8. The first-order valence-electron chi connectivity index (χ1n) is 12.7. The largest absolute Gasteiger partial charge is 0.481 e. The number of amides is 1. The maximum atomic E-state index is 13.2. The van der Waals surface area contributed by atoms with E-state index in [1.165, 1.54) is 28.7 Å². The quantitative estimate of drug-likeness (QED) is 0.258. The fourth-order valence-electron chi connectivity index (χ4n) is 4.11. The normalized spacial score (nSPS) is 12.5. The van der Waals surface area contributed by atoms with Crippen LogP contribution in [0.1, 0.15) is 42.8 Å². The number of rotatable bonds is 15. The number of thioether (sulfide) groups is 1. The highest BCUT2D eigenvalue weighted by Gasteiger charge is 2.28. The lowest BCUT2D eigenvalue weighted by Crippen LogP contribution is -2.47. The van der Waals surface area contributed by atoms with Gasteiger partial charge in [0, 0.05) is 30.4 Å². The molecule has 0 saturated carbocycles. The molecule has 39 heavy (non-hydrogen) atoms. The molecule has 11 nitrogen and oxygen atoms in total. The van der Waals surface area contributed by atoms with Crippen LogP contribution >= 0.6 is 11.8 Å². The molecule has 2 aromatic heterocycles. The van der Waals surface area contributed by atoms with Crippen LogP contribution in [0.5, 0.6) is 0 Å². The first-order chi connectivity index (χ1) is 18.7. The third-order valence-corrected chi connectivity index (χ3v) is 7.08. The van der Waals surface area contributed by atoms with Crippen molar-refractivity contribution in [1.29, 1.82) is 0 Å². The third-order valence-electron chi connectivity index (χ3n) is 6.05. The minimum absolute atomic E-state index is 0.0441. The van der Waals surface area contributed by atoms with Crippen molar-refractivity contribution in [3.05, 3.63) is 76.1 Å². The Morgan fingerprint density at radius 3 is 2.54 bits per heavy atom. The molecule has 0 saturated heterocycles. The second-order valence-electron chi connectivity index (χ2n) is 9.09. The molecule has 2 heterocycles. The number of carboxylic acids is 1. The Morgan fingerprint density at radius 1 is 1.15 bits per heavy atom. The molecule has 12 heteroatoms. The van der Waals surface area contributed by atoms with Crippen molar-refractivity contribution >= 4 is 35.2 Å². The van der Waals surface area contributed by atoms with Crippen LogP contribution in [-0.2, 0) is 26.7 Å². The van der Waals surface area contributed by atoms with Crippen molar-refractivity contribution in [3.8, 4) is 0 Å². The smallest absolute Gasteiger partial charge is 0.305 e. The molecule has 3 N–H and O–H groups in total. The van der Waals surface area contributed by atoms with Crippen LogP contribution in [0.2, 0.25) is 0 Å². The molecule has 3 rings (SSSR count). The number of Topliss-reactive ketones (excluding diaryl/α,β-unsaturated/α-hetero) is 1. The molecular weight excluding hydrogens is 520 g/mol. The molecule has 3 aromatic rings. The number of carbonyl (C=O) groups excluding carboxylic acids is 2. The maximum Gasteiger partial charge on any atom is 0.305 e. The minimum Gasteiger partial charge on any atom is -0.481 e. The number of carboxylic acid groups (broad SMARTS) is 1. The molecule has 0 fully saturated rings. The van der Waals surface area contributed by atoms with E-state index in [-0.39, 0.29) is 18.0 Å². The summed E-state index contributed by atoms with van der Waals surface area (Å²) in [6.45, 7) is 6.50. The Kier molecular flexibility index (Phi) is 10.9. The van der Waals surface area contributed by atoms with Crippen molar-refractivity contribution in [3.63, 3.8) is 0 Å². The number of hydrogen-bond donors (Lipinski definition) is 3. The van der Waals surface area contributed by atoms with Gasteiger partial charge >= 0.3 is 5.97 Å². The number of carbonyl (C=O) groups is 3. The predicted molar refractivity (Wildman–Crippen MR) is 150 cm³/mol. The monoisotopic (exact) mass is 554 g/mol. The highest BCUT2D eigenvalue weighted by Crippen LogP contribution is 2.15. The van der Waals surface area contributed by atoms with E-state index in [0.717, 1.165) is 17.0 Å². The molecule has 2 unspecified atom stereocenters. The number of anilines is 1. The molecule has 208 valence electrons. The van der Waals surface area contributed by atoms with E-state index >= 15 is 0 Å². The minimum atomic E-state index is -1.21. The van der Waals surface area contributed by atoms with E-state index in [2.05, 4.69) is 20.7 Å². The van der Waals surface area contributed by atoms with E-state index in [1.807, 2.05) is 54.9 Å². The Balaban J connectivity index is 1.65. The zero-order chi connectivity index (χ0) is 28.4. The van der Waals surface area contributed by atoms with Crippen molar-refractivity contribution in [2.24, 2.45) is 0 Å². The van der Waals surface area contributed by atoms with E-state index < -0.39 is 41.7 Å². The summed E-state index contributed by atoms with van der Waals surface area (Å²) in [4.78, 5) is 54.7. The molecule has 1 amide bonds. The van der Waals surface area contributed by atoms with E-state index in [4.69, 9.17) is 0 Å². The lowest BCUT2D eigenvalue weighted by atomic mass is 10.1. The summed E-state index contributed by atoms with van der Waals surface area (Å²) in [5, 5.41) is 19.3. The number of benzene rings is 1. The Hall–Kier alpha value is -3.93. The van der Waals surface area contributed by atoms with Crippen molar-refractivity contribution in [2.45, 2.75) is 58.0 Å². The zero-order valence-corrected chi connectivity index (χ0v) is 23.1. The second kappa shape index (κ2) is 14.3. The highest BCUT2D eigenvalue weighted by atomic mass is 32.2. The van der Waals surface area contributed by atoms with Gasteiger partial charge in [0.2, 0.25) is 5.91 Å². The molecule has 0 spiro atoms. The predicted octanol–water partition coefficient (Wildman–Crippen LogP) is 2.58. The van der Waals surface area contributed by atoms with Gasteiger partial charge in [0.25, 0.3) is 5.56 Å². The molecule has 1 aromatic carbocycles. The van der Waals surface area contributed by atoms with Crippen LogP contribution in [0, 0.1) is 13.8 Å². The molecule has 0 radical (unpaired) electrons. The lowest BCUT2D eigenvalue weighted by Gasteiger charge is -2.22. The topological polar surface area (TPSA) is 148 Å². The number of ketones is 1. The number of aryl methyl sites for hydroxylation is 2. The van der Waals surface area contributed by atoms with Crippen LogP contribution in [0.25, 0.3) is 0 Å². The van der Waals surface area contributed by atoms with Crippen molar-refractivity contribution in [1.82, 2.24) is 24.6 Å². The summed E-state index contributed by atoms with van der Waals surface area (Å²) in [6, 6.07) is 9.39. The van der Waals surface area contributed by atoms with Crippen LogP contribution in [0.15, 0.2) is 53.6 Å². The number of nitrogens with one attached hydrogen (secondary N) is 2. The van der Waals surface area contributed by atoms with E-state index in [1.54, 1.807) is 6.92 Å². The maximum absolute atomic E-state index is 13.2. The third kappa shape index (κ3) is 8.54. The Morgan fingerprint density at radius 2 is 1.90 bits per heavy atom. The van der Waals surface area contributed by atoms with Crippen LogP contribution in [0.3, 0.4) is 0 Å². The van der Waals surface area contributed by atoms with Gasteiger partial charge in [0.05, 0.1) is 30.5 Å². The summed E-state index contributed by atoms with van der Waals surface area (Å²) in [7, 11) is 0. The Labute approximate surface area is 231 Å². The summed E-state index contributed by atoms with van der Waals surface area (Å²) < 4.78 is 3.07. The summed E-state index contributed by atoms with van der Waals surface area (Å²) in [5.41, 5.74) is 2.45. The van der Waals surface area contributed by atoms with Gasteiger partial charge in [-0.25, -0.2) is 4.98 Å². The van der Waals surface area contributed by atoms with Crippen LogP contribution < -0.4 is 16.2 Å².